The molecule has 3 rings (SSSR count). The summed E-state index contributed by atoms with van der Waals surface area (Å²) in [6.07, 6.45) is 5.00. The Kier molecular flexibility index (Phi) is 4.42. The number of hydrogen-bond donors (Lipinski definition) is 0. The number of hydrogen-bond acceptors (Lipinski definition) is 2. The average Bonchev–Trinajstić information content (AvgIpc) is 2.80. The fourth-order valence-corrected chi connectivity index (χ4v) is 3.71. The second kappa shape index (κ2) is 6.34. The van der Waals surface area contributed by atoms with Gasteiger partial charge < -0.3 is 9.80 Å². The van der Waals surface area contributed by atoms with Gasteiger partial charge in [-0.25, -0.2) is 0 Å². The lowest BCUT2D eigenvalue weighted by Gasteiger charge is -2.39. The van der Waals surface area contributed by atoms with Crippen molar-refractivity contribution in [2.75, 3.05) is 24.5 Å². The van der Waals surface area contributed by atoms with Crippen molar-refractivity contribution >= 4 is 17.5 Å². The third kappa shape index (κ3) is 3.26. The number of fused-ring (bicyclic) bond motifs is 1. The topological polar surface area (TPSA) is 40.6 Å². The molecule has 23 heavy (non-hydrogen) atoms. The molecule has 0 spiro atoms. The van der Waals surface area contributed by atoms with Gasteiger partial charge in [0.1, 0.15) is 6.54 Å². The maximum absolute atomic E-state index is 12.7. The van der Waals surface area contributed by atoms with Gasteiger partial charge in [0.25, 0.3) is 0 Å². The van der Waals surface area contributed by atoms with Crippen LogP contribution in [-0.4, -0.2) is 36.3 Å². The van der Waals surface area contributed by atoms with Crippen molar-refractivity contribution in [2.45, 2.75) is 51.4 Å². The molecule has 1 aromatic rings. The number of carbonyl (C=O) groups is 2. The molecule has 1 saturated heterocycles. The van der Waals surface area contributed by atoms with Gasteiger partial charge in [0, 0.05) is 30.6 Å². The highest BCUT2D eigenvalue weighted by Gasteiger charge is 2.37. The molecule has 2 heterocycles. The molecule has 2 amide bonds. The molecule has 0 aliphatic carbocycles. The lowest BCUT2D eigenvalue weighted by Crippen LogP contribution is -2.48. The van der Waals surface area contributed by atoms with Gasteiger partial charge in [0.2, 0.25) is 11.8 Å². The Balaban J connectivity index is 1.82. The lowest BCUT2D eigenvalue weighted by atomic mass is 9.77. The molecule has 1 aromatic carbocycles. The van der Waals surface area contributed by atoms with Crippen LogP contribution in [0.5, 0.6) is 0 Å². The van der Waals surface area contributed by atoms with Gasteiger partial charge in [-0.1, -0.05) is 44.9 Å². The quantitative estimate of drug-likeness (QED) is 0.841. The Hall–Kier alpha value is -1.84. The molecule has 0 unspecified atom stereocenters. The zero-order chi connectivity index (χ0) is 16.4. The number of amides is 2. The van der Waals surface area contributed by atoms with E-state index in [0.717, 1.165) is 37.2 Å². The Morgan fingerprint density at radius 2 is 1.74 bits per heavy atom. The van der Waals surface area contributed by atoms with Crippen LogP contribution >= 0.6 is 0 Å². The second-order valence-corrected chi connectivity index (χ2v) is 7.35. The molecular weight excluding hydrogens is 288 g/mol. The van der Waals surface area contributed by atoms with Gasteiger partial charge in [-0.2, -0.15) is 0 Å². The van der Waals surface area contributed by atoms with E-state index in [0.29, 0.717) is 6.42 Å². The van der Waals surface area contributed by atoms with Gasteiger partial charge in [0.15, 0.2) is 0 Å². The summed E-state index contributed by atoms with van der Waals surface area (Å²) in [6.45, 7) is 6.02. The van der Waals surface area contributed by atoms with E-state index in [1.165, 1.54) is 12.8 Å². The number of nitrogens with zero attached hydrogens (tertiary/aromatic N) is 2. The summed E-state index contributed by atoms with van der Waals surface area (Å²) in [4.78, 5) is 28.9. The summed E-state index contributed by atoms with van der Waals surface area (Å²) in [5.41, 5.74) is 1.88. The van der Waals surface area contributed by atoms with Crippen LogP contribution in [0, 0.1) is 0 Å². The first-order valence-electron chi connectivity index (χ1n) is 8.67. The number of carbonyl (C=O) groups excluding carboxylic acids is 2. The van der Waals surface area contributed by atoms with Crippen molar-refractivity contribution in [3.63, 3.8) is 0 Å². The molecule has 4 nitrogen and oxygen atoms in total. The van der Waals surface area contributed by atoms with Crippen molar-refractivity contribution in [2.24, 2.45) is 0 Å². The normalized spacial score (nSPS) is 20.9. The van der Waals surface area contributed by atoms with E-state index in [1.54, 1.807) is 4.90 Å². The van der Waals surface area contributed by atoms with Crippen molar-refractivity contribution in [3.8, 4) is 0 Å². The first-order chi connectivity index (χ1) is 11.0. The van der Waals surface area contributed by atoms with E-state index >= 15 is 0 Å². The van der Waals surface area contributed by atoms with Gasteiger partial charge in [0.05, 0.1) is 0 Å². The minimum atomic E-state index is -0.171. The minimum absolute atomic E-state index is 0.0527. The first-order valence-corrected chi connectivity index (χ1v) is 8.67. The number of likely N-dealkylation sites (tertiary alicyclic amines) is 1. The summed E-state index contributed by atoms with van der Waals surface area (Å²) < 4.78 is 0. The number of rotatable bonds is 2. The predicted octanol–water partition coefficient (Wildman–Crippen LogP) is 3.10. The van der Waals surface area contributed by atoms with Crippen LogP contribution in [0.1, 0.15) is 51.5 Å². The summed E-state index contributed by atoms with van der Waals surface area (Å²) in [5, 5.41) is 0. The van der Waals surface area contributed by atoms with E-state index in [-0.39, 0.29) is 23.8 Å². The number of benzene rings is 1. The molecule has 124 valence electrons. The van der Waals surface area contributed by atoms with Crippen LogP contribution in [0.15, 0.2) is 24.3 Å². The second-order valence-electron chi connectivity index (χ2n) is 7.35. The van der Waals surface area contributed by atoms with Crippen LogP contribution in [0.4, 0.5) is 5.69 Å². The van der Waals surface area contributed by atoms with Crippen LogP contribution in [0.25, 0.3) is 0 Å². The maximum Gasteiger partial charge on any atom is 0.242 e. The molecule has 0 radical (unpaired) electrons. The standard InChI is InChI=1S/C19H26N2O2/c1-19(2)13-17(22)21(16-10-6-5-9-15(16)19)14-18(23)20-11-7-3-4-8-12-20/h5-6,9-10H,3-4,7-8,11-14H2,1-2H3. The van der Waals surface area contributed by atoms with Gasteiger partial charge in [-0.3, -0.25) is 9.59 Å². The largest absolute Gasteiger partial charge is 0.341 e. The number of anilines is 1. The highest BCUT2D eigenvalue weighted by atomic mass is 16.2. The molecule has 0 N–H and O–H groups in total. The summed E-state index contributed by atoms with van der Waals surface area (Å²) in [6, 6.07) is 7.98. The van der Waals surface area contributed by atoms with Crippen molar-refractivity contribution in [3.05, 3.63) is 29.8 Å². The fourth-order valence-electron chi connectivity index (χ4n) is 3.71. The zero-order valence-corrected chi connectivity index (χ0v) is 14.2. The van der Waals surface area contributed by atoms with Gasteiger partial charge in [-0.15, -0.1) is 0 Å². The zero-order valence-electron chi connectivity index (χ0n) is 14.2. The molecule has 2 aliphatic rings. The molecule has 0 bridgehead atoms. The molecule has 0 aromatic heterocycles. The van der Waals surface area contributed by atoms with E-state index in [4.69, 9.17) is 0 Å². The maximum atomic E-state index is 12.7. The number of para-hydroxylation sites is 1. The third-order valence-electron chi connectivity index (χ3n) is 5.07. The Labute approximate surface area is 138 Å². The third-order valence-corrected chi connectivity index (χ3v) is 5.07. The van der Waals surface area contributed by atoms with E-state index < -0.39 is 0 Å². The van der Waals surface area contributed by atoms with Crippen molar-refractivity contribution in [1.82, 2.24) is 4.90 Å². The van der Waals surface area contributed by atoms with Crippen LogP contribution < -0.4 is 4.90 Å². The van der Waals surface area contributed by atoms with E-state index in [2.05, 4.69) is 19.9 Å². The van der Waals surface area contributed by atoms with E-state index in [1.807, 2.05) is 23.1 Å². The highest BCUT2D eigenvalue weighted by molar-refractivity contribution is 6.02. The van der Waals surface area contributed by atoms with Crippen molar-refractivity contribution in [1.29, 1.82) is 0 Å². The monoisotopic (exact) mass is 314 g/mol. The highest BCUT2D eigenvalue weighted by Crippen LogP contribution is 2.39. The molecule has 1 fully saturated rings. The molecule has 0 atom stereocenters. The first kappa shape index (κ1) is 16.0. The fraction of sp³-hybridized carbons (Fsp3) is 0.579. The van der Waals surface area contributed by atoms with Crippen molar-refractivity contribution < 1.29 is 9.59 Å². The smallest absolute Gasteiger partial charge is 0.242 e. The summed E-state index contributed by atoms with van der Waals surface area (Å²) in [7, 11) is 0. The Morgan fingerprint density at radius 1 is 1.09 bits per heavy atom. The SMILES string of the molecule is CC1(C)CC(=O)N(CC(=O)N2CCCCCC2)c2ccccc21. The average molecular weight is 314 g/mol. The lowest BCUT2D eigenvalue weighted by molar-refractivity contribution is -0.131. The Bertz CT molecular complexity index is 601. The van der Waals surface area contributed by atoms with Gasteiger partial charge in [-0.05, 0) is 24.5 Å². The van der Waals surface area contributed by atoms with Crippen LogP contribution in [0.3, 0.4) is 0 Å². The molecular formula is C19H26N2O2. The van der Waals surface area contributed by atoms with Crippen LogP contribution in [-0.2, 0) is 15.0 Å². The van der Waals surface area contributed by atoms with E-state index in [9.17, 15) is 9.59 Å². The predicted molar refractivity (Wildman–Crippen MR) is 91.5 cm³/mol. The summed E-state index contributed by atoms with van der Waals surface area (Å²) in [5.74, 6) is 0.131. The van der Waals surface area contributed by atoms with Gasteiger partial charge >= 0.3 is 0 Å². The molecule has 2 aliphatic heterocycles. The molecule has 0 saturated carbocycles. The summed E-state index contributed by atoms with van der Waals surface area (Å²) >= 11 is 0. The molecule has 4 heteroatoms. The minimum Gasteiger partial charge on any atom is -0.341 e. The Morgan fingerprint density at radius 3 is 2.43 bits per heavy atom. The van der Waals surface area contributed by atoms with Crippen LogP contribution in [0.2, 0.25) is 0 Å².